The number of nitrogens with one attached hydrogen (secondary N) is 2. The molecule has 0 saturated heterocycles. The van der Waals surface area contributed by atoms with Gasteiger partial charge in [-0.05, 0) is 25.1 Å². The first-order valence-corrected chi connectivity index (χ1v) is 7.72. The second-order valence-corrected chi connectivity index (χ2v) is 5.44. The fraction of sp³-hybridized carbons (Fsp3) is 0.278. The highest BCUT2D eigenvalue weighted by Gasteiger charge is 2.12. The third kappa shape index (κ3) is 3.28. The van der Waals surface area contributed by atoms with Crippen LogP contribution in [0.4, 0.5) is 0 Å². The molecule has 0 amide bonds. The van der Waals surface area contributed by atoms with E-state index in [9.17, 15) is 0 Å². The van der Waals surface area contributed by atoms with Gasteiger partial charge in [-0.1, -0.05) is 12.1 Å². The van der Waals surface area contributed by atoms with Crippen LogP contribution in [0.5, 0.6) is 11.5 Å². The molecule has 1 aromatic carbocycles. The Hall–Kier alpha value is -2.73. The Morgan fingerprint density at radius 2 is 1.92 bits per heavy atom. The molecule has 0 bridgehead atoms. The van der Waals surface area contributed by atoms with Crippen molar-refractivity contribution in [2.75, 3.05) is 14.2 Å². The van der Waals surface area contributed by atoms with E-state index in [-0.39, 0.29) is 0 Å². The molecule has 2 heterocycles. The van der Waals surface area contributed by atoms with E-state index in [1.165, 1.54) is 0 Å². The number of ether oxygens (including phenoxy) is 2. The van der Waals surface area contributed by atoms with Crippen molar-refractivity contribution in [1.82, 2.24) is 15.5 Å². The molecule has 3 rings (SSSR count). The van der Waals surface area contributed by atoms with Crippen molar-refractivity contribution in [3.63, 3.8) is 0 Å². The van der Waals surface area contributed by atoms with E-state index in [2.05, 4.69) is 15.5 Å². The van der Waals surface area contributed by atoms with E-state index in [1.807, 2.05) is 43.5 Å². The predicted molar refractivity (Wildman–Crippen MR) is 91.1 cm³/mol. The van der Waals surface area contributed by atoms with Crippen molar-refractivity contribution < 1.29 is 13.9 Å². The summed E-state index contributed by atoms with van der Waals surface area (Å²) < 4.78 is 16.4. The van der Waals surface area contributed by atoms with Gasteiger partial charge >= 0.3 is 0 Å². The van der Waals surface area contributed by atoms with Gasteiger partial charge in [0.25, 0.3) is 0 Å². The van der Waals surface area contributed by atoms with Gasteiger partial charge in [0.1, 0.15) is 11.5 Å². The molecule has 0 spiro atoms. The summed E-state index contributed by atoms with van der Waals surface area (Å²) in [6.45, 7) is 3.24. The molecule has 0 unspecified atom stereocenters. The molecular formula is C18H21N3O3. The number of aryl methyl sites for hydroxylation is 1. The molecule has 0 radical (unpaired) electrons. The molecule has 3 aromatic rings. The van der Waals surface area contributed by atoms with E-state index in [0.717, 1.165) is 39.8 Å². The Morgan fingerprint density at radius 1 is 1.08 bits per heavy atom. The highest BCUT2D eigenvalue weighted by Crippen LogP contribution is 2.30. The van der Waals surface area contributed by atoms with Gasteiger partial charge in [0, 0.05) is 24.2 Å². The number of para-hydroxylation sites is 1. The Bertz CT molecular complexity index is 807. The summed E-state index contributed by atoms with van der Waals surface area (Å²) in [5.41, 5.74) is 2.98. The molecule has 2 N–H and O–H groups in total. The lowest BCUT2D eigenvalue weighted by Crippen LogP contribution is -2.13. The molecular weight excluding hydrogens is 306 g/mol. The van der Waals surface area contributed by atoms with Gasteiger partial charge in [0.15, 0.2) is 17.3 Å². The van der Waals surface area contributed by atoms with Crippen LogP contribution in [0.1, 0.15) is 16.9 Å². The molecule has 0 saturated carbocycles. The molecule has 6 nitrogen and oxygen atoms in total. The summed E-state index contributed by atoms with van der Waals surface area (Å²) in [5.74, 6) is 3.15. The summed E-state index contributed by atoms with van der Waals surface area (Å²) in [6, 6.07) is 9.73. The number of hydrogen-bond donors (Lipinski definition) is 2. The lowest BCUT2D eigenvalue weighted by atomic mass is 10.1. The van der Waals surface area contributed by atoms with Gasteiger partial charge in [0.05, 0.1) is 20.4 Å². The van der Waals surface area contributed by atoms with Crippen LogP contribution in [-0.4, -0.2) is 24.4 Å². The van der Waals surface area contributed by atoms with E-state index < -0.39 is 0 Å². The highest BCUT2D eigenvalue weighted by molar-refractivity contribution is 5.56. The van der Waals surface area contributed by atoms with Crippen LogP contribution in [-0.2, 0) is 13.1 Å². The molecule has 0 aliphatic rings. The highest BCUT2D eigenvalue weighted by atomic mass is 16.5. The first-order valence-electron chi connectivity index (χ1n) is 7.72. The number of H-pyrrole nitrogens is 1. The van der Waals surface area contributed by atoms with Crippen LogP contribution in [0.3, 0.4) is 0 Å². The number of rotatable bonds is 7. The maximum atomic E-state index is 5.66. The largest absolute Gasteiger partial charge is 0.493 e. The molecule has 0 aliphatic carbocycles. The standard InChI is InChI=1S/C18H21N3O3/c1-12-7-8-15(24-12)17-14(11-20-21-17)10-19-9-13-5-4-6-16(22-2)18(13)23-3/h4-8,11,19H,9-10H2,1-3H3,(H,20,21). The van der Waals surface area contributed by atoms with E-state index >= 15 is 0 Å². The summed E-state index contributed by atoms with van der Waals surface area (Å²) in [7, 11) is 3.28. The summed E-state index contributed by atoms with van der Waals surface area (Å²) in [5, 5.41) is 10.5. The van der Waals surface area contributed by atoms with Crippen LogP contribution in [0, 0.1) is 6.92 Å². The minimum atomic E-state index is 0.655. The smallest absolute Gasteiger partial charge is 0.165 e. The minimum absolute atomic E-state index is 0.655. The third-order valence-electron chi connectivity index (χ3n) is 3.82. The van der Waals surface area contributed by atoms with Crippen molar-refractivity contribution in [3.05, 3.63) is 53.4 Å². The van der Waals surface area contributed by atoms with E-state index in [4.69, 9.17) is 13.9 Å². The number of benzene rings is 1. The fourth-order valence-corrected chi connectivity index (χ4v) is 2.65. The van der Waals surface area contributed by atoms with Gasteiger partial charge in [-0.2, -0.15) is 5.10 Å². The molecule has 24 heavy (non-hydrogen) atoms. The molecule has 0 aliphatic heterocycles. The van der Waals surface area contributed by atoms with Gasteiger partial charge in [-0.3, -0.25) is 5.10 Å². The van der Waals surface area contributed by atoms with Crippen molar-refractivity contribution in [3.8, 4) is 23.0 Å². The van der Waals surface area contributed by atoms with Gasteiger partial charge in [-0.15, -0.1) is 0 Å². The zero-order chi connectivity index (χ0) is 16.9. The zero-order valence-electron chi connectivity index (χ0n) is 14.1. The lowest BCUT2D eigenvalue weighted by molar-refractivity contribution is 0.350. The Labute approximate surface area is 140 Å². The molecule has 0 atom stereocenters. The lowest BCUT2D eigenvalue weighted by Gasteiger charge is -2.13. The Kier molecular flexibility index (Phi) is 4.86. The number of furan rings is 1. The predicted octanol–water partition coefficient (Wildman–Crippen LogP) is 3.29. The van der Waals surface area contributed by atoms with Crippen LogP contribution in [0.25, 0.3) is 11.5 Å². The zero-order valence-corrected chi connectivity index (χ0v) is 14.1. The van der Waals surface area contributed by atoms with Crippen LogP contribution >= 0.6 is 0 Å². The molecule has 0 fully saturated rings. The molecule has 2 aromatic heterocycles. The van der Waals surface area contributed by atoms with Crippen LogP contribution in [0.15, 0.2) is 40.9 Å². The first-order chi connectivity index (χ1) is 11.7. The van der Waals surface area contributed by atoms with Gasteiger partial charge < -0.3 is 19.2 Å². The molecule has 126 valence electrons. The van der Waals surface area contributed by atoms with Crippen LogP contribution in [0.2, 0.25) is 0 Å². The SMILES string of the molecule is COc1cccc(CNCc2cn[nH]c2-c2ccc(C)o2)c1OC. The summed E-state index contributed by atoms with van der Waals surface area (Å²) in [6.07, 6.45) is 1.81. The van der Waals surface area contributed by atoms with Gasteiger partial charge in [-0.25, -0.2) is 0 Å². The quantitative estimate of drug-likeness (QED) is 0.697. The third-order valence-corrected chi connectivity index (χ3v) is 3.82. The van der Waals surface area contributed by atoms with Gasteiger partial charge in [0.2, 0.25) is 0 Å². The second-order valence-electron chi connectivity index (χ2n) is 5.44. The topological polar surface area (TPSA) is 72.3 Å². The van der Waals surface area contributed by atoms with E-state index in [1.54, 1.807) is 14.2 Å². The van der Waals surface area contributed by atoms with Crippen molar-refractivity contribution in [2.24, 2.45) is 0 Å². The number of hydrogen-bond acceptors (Lipinski definition) is 5. The number of aromatic nitrogens is 2. The summed E-state index contributed by atoms with van der Waals surface area (Å²) >= 11 is 0. The number of aromatic amines is 1. The Balaban J connectivity index is 1.69. The fourth-order valence-electron chi connectivity index (χ4n) is 2.65. The normalized spacial score (nSPS) is 10.8. The van der Waals surface area contributed by atoms with Crippen molar-refractivity contribution >= 4 is 0 Å². The number of methoxy groups -OCH3 is 2. The van der Waals surface area contributed by atoms with Crippen molar-refractivity contribution in [1.29, 1.82) is 0 Å². The monoisotopic (exact) mass is 327 g/mol. The van der Waals surface area contributed by atoms with Crippen molar-refractivity contribution in [2.45, 2.75) is 20.0 Å². The maximum Gasteiger partial charge on any atom is 0.165 e. The second kappa shape index (κ2) is 7.23. The Morgan fingerprint density at radius 3 is 2.62 bits per heavy atom. The minimum Gasteiger partial charge on any atom is -0.493 e. The number of nitrogens with zero attached hydrogens (tertiary/aromatic N) is 1. The van der Waals surface area contributed by atoms with Crippen LogP contribution < -0.4 is 14.8 Å². The maximum absolute atomic E-state index is 5.66. The average Bonchev–Trinajstić information content (AvgIpc) is 3.23. The average molecular weight is 327 g/mol. The van der Waals surface area contributed by atoms with E-state index in [0.29, 0.717) is 13.1 Å². The summed E-state index contributed by atoms with van der Waals surface area (Å²) in [4.78, 5) is 0. The molecule has 6 heteroatoms. The first kappa shape index (κ1) is 16.1.